The molecule has 0 fully saturated rings. The minimum Gasteiger partial charge on any atom is -0.489 e. The maximum absolute atomic E-state index is 11.2. The van der Waals surface area contributed by atoms with Crippen LogP contribution < -0.4 is 15.9 Å². The molecular formula is C11H12N2O3. The van der Waals surface area contributed by atoms with Gasteiger partial charge < -0.3 is 14.7 Å². The minimum atomic E-state index is -0.674. The van der Waals surface area contributed by atoms with Crippen molar-refractivity contribution in [1.82, 2.24) is 9.97 Å². The topological polar surface area (TPSA) is 75.0 Å². The Balaban J connectivity index is 2.72. The molecule has 84 valence electrons. The first-order chi connectivity index (χ1) is 7.58. The molecule has 1 heterocycles. The van der Waals surface area contributed by atoms with Crippen LogP contribution in [0.1, 0.15) is 13.8 Å². The second kappa shape index (κ2) is 3.84. The van der Waals surface area contributed by atoms with Gasteiger partial charge in [0.05, 0.1) is 11.6 Å². The van der Waals surface area contributed by atoms with Crippen LogP contribution in [0.5, 0.6) is 5.75 Å². The third-order valence-electron chi connectivity index (χ3n) is 2.08. The minimum absolute atomic E-state index is 0.000954. The Hall–Kier alpha value is -2.04. The SMILES string of the molecule is CC(C)Oc1cccc2[nH]c(=O)c(=O)[nH]c12. The number of H-pyrrole nitrogens is 2. The van der Waals surface area contributed by atoms with Crippen molar-refractivity contribution in [2.24, 2.45) is 0 Å². The van der Waals surface area contributed by atoms with Crippen molar-refractivity contribution in [3.63, 3.8) is 0 Å². The first-order valence-corrected chi connectivity index (χ1v) is 5.00. The highest BCUT2D eigenvalue weighted by Crippen LogP contribution is 2.21. The van der Waals surface area contributed by atoms with Crippen LogP contribution in [0.4, 0.5) is 0 Å². The third kappa shape index (κ3) is 1.84. The average molecular weight is 220 g/mol. The Bertz CT molecular complexity index is 625. The van der Waals surface area contributed by atoms with Gasteiger partial charge in [-0.1, -0.05) is 6.07 Å². The van der Waals surface area contributed by atoms with Crippen LogP contribution in [0.2, 0.25) is 0 Å². The molecule has 0 bridgehead atoms. The highest BCUT2D eigenvalue weighted by Gasteiger charge is 2.06. The number of para-hydroxylation sites is 1. The zero-order chi connectivity index (χ0) is 11.7. The van der Waals surface area contributed by atoms with Gasteiger partial charge in [-0.3, -0.25) is 9.59 Å². The van der Waals surface area contributed by atoms with Gasteiger partial charge in [-0.2, -0.15) is 0 Å². The zero-order valence-electron chi connectivity index (χ0n) is 9.03. The Labute approximate surface area is 91.1 Å². The van der Waals surface area contributed by atoms with Gasteiger partial charge in [0, 0.05) is 0 Å². The van der Waals surface area contributed by atoms with Crippen molar-refractivity contribution in [2.45, 2.75) is 20.0 Å². The molecule has 0 saturated heterocycles. The number of ether oxygens (including phenoxy) is 1. The van der Waals surface area contributed by atoms with Crippen molar-refractivity contribution in [2.75, 3.05) is 0 Å². The summed E-state index contributed by atoms with van der Waals surface area (Å²) in [7, 11) is 0. The molecule has 0 amide bonds. The lowest BCUT2D eigenvalue weighted by molar-refractivity contribution is 0.245. The third-order valence-corrected chi connectivity index (χ3v) is 2.08. The van der Waals surface area contributed by atoms with Crippen molar-refractivity contribution >= 4 is 11.0 Å². The van der Waals surface area contributed by atoms with Gasteiger partial charge >= 0.3 is 11.1 Å². The zero-order valence-corrected chi connectivity index (χ0v) is 9.03. The normalized spacial score (nSPS) is 10.9. The Morgan fingerprint density at radius 2 is 1.81 bits per heavy atom. The maximum Gasteiger partial charge on any atom is 0.314 e. The number of rotatable bonds is 2. The molecule has 2 aromatic rings. The predicted molar refractivity (Wildman–Crippen MR) is 61.0 cm³/mol. The fourth-order valence-corrected chi connectivity index (χ4v) is 1.47. The van der Waals surface area contributed by atoms with Gasteiger partial charge in [0.25, 0.3) is 0 Å². The number of benzene rings is 1. The van der Waals surface area contributed by atoms with Crippen LogP contribution in [0.3, 0.4) is 0 Å². The van der Waals surface area contributed by atoms with Crippen LogP contribution in [-0.2, 0) is 0 Å². The summed E-state index contributed by atoms with van der Waals surface area (Å²) >= 11 is 0. The Morgan fingerprint density at radius 1 is 1.12 bits per heavy atom. The van der Waals surface area contributed by atoms with E-state index in [0.29, 0.717) is 16.8 Å². The molecule has 0 radical (unpaired) electrons. The summed E-state index contributed by atoms with van der Waals surface area (Å²) in [5.41, 5.74) is -0.259. The van der Waals surface area contributed by atoms with Gasteiger partial charge in [0.2, 0.25) is 0 Å². The summed E-state index contributed by atoms with van der Waals surface area (Å²) in [4.78, 5) is 27.3. The van der Waals surface area contributed by atoms with Gasteiger partial charge in [-0.05, 0) is 26.0 Å². The van der Waals surface area contributed by atoms with E-state index in [9.17, 15) is 9.59 Å². The van der Waals surface area contributed by atoms with E-state index in [-0.39, 0.29) is 6.10 Å². The lowest BCUT2D eigenvalue weighted by atomic mass is 10.3. The van der Waals surface area contributed by atoms with E-state index in [1.165, 1.54) is 0 Å². The Kier molecular flexibility index (Phi) is 2.52. The summed E-state index contributed by atoms with van der Waals surface area (Å²) in [6, 6.07) is 5.21. The van der Waals surface area contributed by atoms with Crippen molar-refractivity contribution in [1.29, 1.82) is 0 Å². The van der Waals surface area contributed by atoms with E-state index in [2.05, 4.69) is 9.97 Å². The molecule has 0 atom stereocenters. The van der Waals surface area contributed by atoms with E-state index in [1.54, 1.807) is 18.2 Å². The van der Waals surface area contributed by atoms with E-state index < -0.39 is 11.1 Å². The van der Waals surface area contributed by atoms with Crippen LogP contribution in [0.15, 0.2) is 27.8 Å². The van der Waals surface area contributed by atoms with Crippen LogP contribution in [0.25, 0.3) is 11.0 Å². The lowest BCUT2D eigenvalue weighted by Crippen LogP contribution is -2.29. The second-order valence-corrected chi connectivity index (χ2v) is 3.75. The Morgan fingerprint density at radius 3 is 2.50 bits per heavy atom. The predicted octanol–water partition coefficient (Wildman–Crippen LogP) is 1.00. The first kappa shape index (κ1) is 10.5. The largest absolute Gasteiger partial charge is 0.489 e. The fourth-order valence-electron chi connectivity index (χ4n) is 1.47. The first-order valence-electron chi connectivity index (χ1n) is 5.00. The van der Waals surface area contributed by atoms with Crippen LogP contribution in [-0.4, -0.2) is 16.1 Å². The van der Waals surface area contributed by atoms with Gasteiger partial charge in [0.15, 0.2) is 0 Å². The van der Waals surface area contributed by atoms with Crippen molar-refractivity contribution in [3.8, 4) is 5.75 Å². The van der Waals surface area contributed by atoms with E-state index >= 15 is 0 Å². The van der Waals surface area contributed by atoms with E-state index in [0.717, 1.165) is 0 Å². The summed E-state index contributed by atoms with van der Waals surface area (Å²) in [6.45, 7) is 3.78. The monoisotopic (exact) mass is 220 g/mol. The molecule has 2 rings (SSSR count). The second-order valence-electron chi connectivity index (χ2n) is 3.75. The molecule has 5 nitrogen and oxygen atoms in total. The molecule has 2 N–H and O–H groups in total. The molecule has 5 heteroatoms. The lowest BCUT2D eigenvalue weighted by Gasteiger charge is -2.11. The van der Waals surface area contributed by atoms with Crippen molar-refractivity contribution < 1.29 is 4.74 Å². The number of hydrogen-bond donors (Lipinski definition) is 2. The molecule has 1 aromatic carbocycles. The molecule has 0 spiro atoms. The van der Waals surface area contributed by atoms with E-state index in [4.69, 9.17) is 4.74 Å². The fraction of sp³-hybridized carbons (Fsp3) is 0.273. The summed E-state index contributed by atoms with van der Waals surface area (Å²) in [5.74, 6) is 0.556. The van der Waals surface area contributed by atoms with Gasteiger partial charge in [-0.25, -0.2) is 0 Å². The molecule has 0 unspecified atom stereocenters. The van der Waals surface area contributed by atoms with Crippen LogP contribution >= 0.6 is 0 Å². The summed E-state index contributed by atoms with van der Waals surface area (Å²) in [6.07, 6.45) is 0.000954. The standard InChI is InChI=1S/C11H12N2O3/c1-6(2)16-8-5-3-4-7-9(8)13-11(15)10(14)12-7/h3-6H,1-2H3,(H,12,14)(H,13,15). The molecular weight excluding hydrogens is 208 g/mol. The van der Waals surface area contributed by atoms with Gasteiger partial charge in [0.1, 0.15) is 11.3 Å². The highest BCUT2D eigenvalue weighted by atomic mass is 16.5. The molecule has 0 aliphatic rings. The smallest absolute Gasteiger partial charge is 0.314 e. The molecule has 0 aliphatic carbocycles. The van der Waals surface area contributed by atoms with Gasteiger partial charge in [-0.15, -0.1) is 0 Å². The molecule has 1 aromatic heterocycles. The van der Waals surface area contributed by atoms with E-state index in [1.807, 2.05) is 13.8 Å². The van der Waals surface area contributed by atoms with Crippen molar-refractivity contribution in [3.05, 3.63) is 38.9 Å². The number of nitrogens with one attached hydrogen (secondary N) is 2. The number of aromatic nitrogens is 2. The molecule has 16 heavy (non-hydrogen) atoms. The number of hydrogen-bond acceptors (Lipinski definition) is 3. The maximum atomic E-state index is 11.2. The molecule has 0 saturated carbocycles. The highest BCUT2D eigenvalue weighted by molar-refractivity contribution is 5.80. The number of aromatic amines is 2. The van der Waals surface area contributed by atoms with Crippen LogP contribution in [0, 0.1) is 0 Å². The summed E-state index contributed by atoms with van der Waals surface area (Å²) < 4.78 is 5.53. The summed E-state index contributed by atoms with van der Waals surface area (Å²) in [5, 5.41) is 0. The number of fused-ring (bicyclic) bond motifs is 1. The molecule has 0 aliphatic heterocycles. The quantitative estimate of drug-likeness (QED) is 0.741. The average Bonchev–Trinajstić information content (AvgIpc) is 2.20.